The third-order valence-corrected chi connectivity index (χ3v) is 4.68. The van der Waals surface area contributed by atoms with Crippen LogP contribution in [0, 0.1) is 0 Å². The number of nitrogens with zero attached hydrogens (tertiary/aromatic N) is 1. The molecule has 96 valence electrons. The fraction of sp³-hybridized carbons (Fsp3) is 0.692. The molecule has 0 spiro atoms. The van der Waals surface area contributed by atoms with Crippen LogP contribution < -0.4 is 5.32 Å². The molecule has 1 unspecified atom stereocenters. The summed E-state index contributed by atoms with van der Waals surface area (Å²) < 4.78 is 0. The maximum absolute atomic E-state index is 9.65. The van der Waals surface area contributed by atoms with Gasteiger partial charge in [0, 0.05) is 29.4 Å². The molecule has 2 heterocycles. The fourth-order valence-electron chi connectivity index (χ4n) is 2.33. The molecule has 17 heavy (non-hydrogen) atoms. The van der Waals surface area contributed by atoms with E-state index in [2.05, 4.69) is 29.3 Å². The van der Waals surface area contributed by atoms with E-state index >= 15 is 0 Å². The van der Waals surface area contributed by atoms with Gasteiger partial charge in [0.05, 0.1) is 12.6 Å². The van der Waals surface area contributed by atoms with Gasteiger partial charge in [-0.05, 0) is 31.5 Å². The molecule has 0 amide bonds. The van der Waals surface area contributed by atoms with Gasteiger partial charge in [-0.3, -0.25) is 4.90 Å². The van der Waals surface area contributed by atoms with Gasteiger partial charge in [0.25, 0.3) is 0 Å². The van der Waals surface area contributed by atoms with Gasteiger partial charge in [-0.25, -0.2) is 0 Å². The van der Waals surface area contributed by atoms with Gasteiger partial charge in [0.2, 0.25) is 0 Å². The van der Waals surface area contributed by atoms with Crippen LogP contribution in [-0.2, 0) is 6.42 Å². The molecule has 1 fully saturated rings. The second kappa shape index (κ2) is 6.50. The lowest BCUT2D eigenvalue weighted by Crippen LogP contribution is -2.33. The van der Waals surface area contributed by atoms with Crippen molar-refractivity contribution in [2.75, 3.05) is 32.8 Å². The highest BCUT2D eigenvalue weighted by Gasteiger charge is 2.21. The molecule has 1 aromatic rings. The predicted octanol–water partition coefficient (Wildman–Crippen LogP) is 1.64. The Kier molecular flexibility index (Phi) is 4.98. The number of aryl methyl sites for hydroxylation is 1. The molecule has 0 aliphatic carbocycles. The summed E-state index contributed by atoms with van der Waals surface area (Å²) in [6, 6.07) is 4.57. The Morgan fingerprint density at radius 1 is 1.41 bits per heavy atom. The lowest BCUT2D eigenvalue weighted by atomic mass is 10.2. The Hall–Kier alpha value is -0.420. The first-order valence-electron chi connectivity index (χ1n) is 6.49. The van der Waals surface area contributed by atoms with Gasteiger partial charge >= 0.3 is 0 Å². The number of aliphatic hydroxyl groups excluding tert-OH is 1. The van der Waals surface area contributed by atoms with Crippen LogP contribution >= 0.6 is 11.3 Å². The standard InChI is InChI=1S/C13H22N2OS/c1-2-11-4-5-13(17-11)12(10-16)15-8-3-6-14-7-9-15/h4-5,12,14,16H,2-3,6-10H2,1H3. The third kappa shape index (κ3) is 3.28. The van der Waals surface area contributed by atoms with Crippen LogP contribution in [0.4, 0.5) is 0 Å². The van der Waals surface area contributed by atoms with Gasteiger partial charge in [0.15, 0.2) is 0 Å². The lowest BCUT2D eigenvalue weighted by molar-refractivity contribution is 0.132. The summed E-state index contributed by atoms with van der Waals surface area (Å²) in [6.45, 7) is 6.65. The molecule has 1 saturated heterocycles. The Labute approximate surface area is 107 Å². The van der Waals surface area contributed by atoms with Crippen molar-refractivity contribution in [3.05, 3.63) is 21.9 Å². The minimum atomic E-state index is 0.195. The van der Waals surface area contributed by atoms with Crippen molar-refractivity contribution in [1.82, 2.24) is 10.2 Å². The maximum Gasteiger partial charge on any atom is 0.0675 e. The van der Waals surface area contributed by atoms with E-state index in [0.29, 0.717) is 0 Å². The van der Waals surface area contributed by atoms with Crippen molar-refractivity contribution in [2.45, 2.75) is 25.8 Å². The van der Waals surface area contributed by atoms with E-state index in [1.54, 1.807) is 0 Å². The van der Waals surface area contributed by atoms with Crippen molar-refractivity contribution >= 4 is 11.3 Å². The van der Waals surface area contributed by atoms with E-state index in [9.17, 15) is 5.11 Å². The first-order chi connectivity index (χ1) is 8.35. The van der Waals surface area contributed by atoms with Crippen molar-refractivity contribution in [3.8, 4) is 0 Å². The highest BCUT2D eigenvalue weighted by molar-refractivity contribution is 7.12. The summed E-state index contributed by atoms with van der Waals surface area (Å²) in [7, 11) is 0. The van der Waals surface area contributed by atoms with Gasteiger partial charge in [0.1, 0.15) is 0 Å². The van der Waals surface area contributed by atoms with Gasteiger partial charge in [-0.2, -0.15) is 0 Å². The van der Waals surface area contributed by atoms with Crippen molar-refractivity contribution in [3.63, 3.8) is 0 Å². The SMILES string of the molecule is CCc1ccc(C(CO)N2CCCNCC2)s1. The number of thiophene rings is 1. The summed E-state index contributed by atoms with van der Waals surface area (Å²) in [6.07, 6.45) is 2.26. The predicted molar refractivity (Wildman–Crippen MR) is 72.6 cm³/mol. The Morgan fingerprint density at radius 3 is 3.00 bits per heavy atom. The zero-order valence-electron chi connectivity index (χ0n) is 10.5. The average molecular weight is 254 g/mol. The molecule has 0 aromatic carbocycles. The number of hydrogen-bond donors (Lipinski definition) is 2. The van der Waals surface area contributed by atoms with Crippen LogP contribution in [0.5, 0.6) is 0 Å². The Balaban J connectivity index is 2.08. The lowest BCUT2D eigenvalue weighted by Gasteiger charge is -2.28. The number of aliphatic hydroxyl groups is 1. The van der Waals surface area contributed by atoms with Crippen molar-refractivity contribution < 1.29 is 5.11 Å². The zero-order chi connectivity index (χ0) is 12.1. The highest BCUT2D eigenvalue weighted by atomic mass is 32.1. The van der Waals surface area contributed by atoms with Gasteiger partial charge in [-0.1, -0.05) is 6.92 Å². The van der Waals surface area contributed by atoms with Crippen LogP contribution in [0.15, 0.2) is 12.1 Å². The van der Waals surface area contributed by atoms with Gasteiger partial charge in [-0.15, -0.1) is 11.3 Å². The van der Waals surface area contributed by atoms with E-state index in [1.165, 1.54) is 16.2 Å². The zero-order valence-corrected chi connectivity index (χ0v) is 11.3. The molecule has 0 saturated carbocycles. The van der Waals surface area contributed by atoms with Crippen LogP contribution in [0.1, 0.15) is 29.1 Å². The molecule has 1 atom stereocenters. The quantitative estimate of drug-likeness (QED) is 0.857. The Morgan fingerprint density at radius 2 is 2.29 bits per heavy atom. The molecule has 1 aromatic heterocycles. The molecule has 2 rings (SSSR count). The number of rotatable bonds is 4. The third-order valence-electron chi connectivity index (χ3n) is 3.35. The molecule has 2 N–H and O–H groups in total. The first kappa shape index (κ1) is 13.0. The molecule has 1 aliphatic heterocycles. The van der Waals surface area contributed by atoms with Crippen LogP contribution in [0.2, 0.25) is 0 Å². The van der Waals surface area contributed by atoms with E-state index < -0.39 is 0 Å². The summed E-state index contributed by atoms with van der Waals surface area (Å²) in [5, 5.41) is 13.1. The topological polar surface area (TPSA) is 35.5 Å². The van der Waals surface area contributed by atoms with E-state index in [-0.39, 0.29) is 12.6 Å². The largest absolute Gasteiger partial charge is 0.394 e. The van der Waals surface area contributed by atoms with E-state index in [4.69, 9.17) is 0 Å². The summed E-state index contributed by atoms with van der Waals surface area (Å²) in [5.41, 5.74) is 0. The van der Waals surface area contributed by atoms with E-state index in [1.807, 2.05) is 11.3 Å². The molecular weight excluding hydrogens is 232 g/mol. The molecule has 0 radical (unpaired) electrons. The highest BCUT2D eigenvalue weighted by Crippen LogP contribution is 2.28. The van der Waals surface area contributed by atoms with Crippen LogP contribution in [0.25, 0.3) is 0 Å². The van der Waals surface area contributed by atoms with Crippen LogP contribution in [0.3, 0.4) is 0 Å². The molecular formula is C13H22N2OS. The number of hydrogen-bond acceptors (Lipinski definition) is 4. The average Bonchev–Trinajstić information content (AvgIpc) is 2.66. The van der Waals surface area contributed by atoms with Gasteiger partial charge < -0.3 is 10.4 Å². The summed E-state index contributed by atoms with van der Waals surface area (Å²) in [5.74, 6) is 0. The second-order valence-corrected chi connectivity index (χ2v) is 5.70. The first-order valence-corrected chi connectivity index (χ1v) is 7.31. The molecule has 0 bridgehead atoms. The molecule has 1 aliphatic rings. The minimum absolute atomic E-state index is 0.195. The Bertz CT molecular complexity index is 332. The van der Waals surface area contributed by atoms with Crippen molar-refractivity contribution in [1.29, 1.82) is 0 Å². The smallest absolute Gasteiger partial charge is 0.0675 e. The molecule has 4 heteroatoms. The van der Waals surface area contributed by atoms with E-state index in [0.717, 1.165) is 32.6 Å². The number of nitrogens with one attached hydrogen (secondary N) is 1. The van der Waals surface area contributed by atoms with Crippen LogP contribution in [-0.4, -0.2) is 42.8 Å². The maximum atomic E-state index is 9.65. The summed E-state index contributed by atoms with van der Waals surface area (Å²) >= 11 is 1.84. The monoisotopic (exact) mass is 254 g/mol. The van der Waals surface area contributed by atoms with Crippen molar-refractivity contribution in [2.24, 2.45) is 0 Å². The molecule has 3 nitrogen and oxygen atoms in total. The summed E-state index contributed by atoms with van der Waals surface area (Å²) in [4.78, 5) is 5.13. The fourth-order valence-corrected chi connectivity index (χ4v) is 3.41. The normalized spacial score (nSPS) is 20.1. The second-order valence-electron chi connectivity index (χ2n) is 4.50. The minimum Gasteiger partial charge on any atom is -0.394 e.